The molecule has 2 fully saturated rings. The summed E-state index contributed by atoms with van der Waals surface area (Å²) in [5, 5.41) is 2.36. The minimum Gasteiger partial charge on any atom is -0.258 e. The molecule has 1 aliphatic heterocycles. The third-order valence-electron chi connectivity index (χ3n) is 4.32. The third-order valence-corrected chi connectivity index (χ3v) is 4.32. The van der Waals surface area contributed by atoms with Gasteiger partial charge in [-0.2, -0.15) is 0 Å². The van der Waals surface area contributed by atoms with Crippen molar-refractivity contribution in [3.05, 3.63) is 0 Å². The maximum atomic E-state index is 3.26. The Morgan fingerprint density at radius 3 is 2.13 bits per heavy atom. The van der Waals surface area contributed by atoms with Crippen LogP contribution in [0.1, 0.15) is 51.4 Å². The summed E-state index contributed by atoms with van der Waals surface area (Å²) >= 11 is 0. The summed E-state index contributed by atoms with van der Waals surface area (Å²) in [6.07, 6.45) is 11.9. The van der Waals surface area contributed by atoms with E-state index in [1.165, 1.54) is 64.5 Å². The molecule has 0 aromatic heterocycles. The van der Waals surface area contributed by atoms with E-state index < -0.39 is 0 Å². The van der Waals surface area contributed by atoms with Crippen LogP contribution in [-0.4, -0.2) is 25.1 Å². The molecule has 0 spiro atoms. The van der Waals surface area contributed by atoms with Gasteiger partial charge in [0.05, 0.1) is 0 Å². The summed E-state index contributed by atoms with van der Waals surface area (Å²) in [4.78, 5) is 0. The molecule has 1 saturated carbocycles. The molecular formula is C13H26N2. The van der Waals surface area contributed by atoms with Gasteiger partial charge in [0.1, 0.15) is 0 Å². The van der Waals surface area contributed by atoms with Crippen LogP contribution in [0.15, 0.2) is 0 Å². The normalized spacial score (nSPS) is 27.0. The molecule has 2 heteroatoms. The fourth-order valence-electron chi connectivity index (χ4n) is 3.29. The van der Waals surface area contributed by atoms with Gasteiger partial charge in [-0.25, -0.2) is 5.01 Å². The van der Waals surface area contributed by atoms with Gasteiger partial charge < -0.3 is 0 Å². The van der Waals surface area contributed by atoms with Gasteiger partial charge in [-0.1, -0.05) is 32.1 Å². The molecule has 2 aliphatic rings. The van der Waals surface area contributed by atoms with E-state index in [0.717, 1.165) is 11.8 Å². The van der Waals surface area contributed by atoms with Crippen LogP contribution in [0.4, 0.5) is 0 Å². The Kier molecular flexibility index (Phi) is 4.45. The fourth-order valence-corrected chi connectivity index (χ4v) is 3.29. The second kappa shape index (κ2) is 5.86. The molecule has 0 radical (unpaired) electrons. The number of nitrogens with zero attached hydrogens (tertiary/aromatic N) is 1. The molecule has 1 aliphatic carbocycles. The minimum atomic E-state index is 1.03. The average molecular weight is 210 g/mol. The Bertz CT molecular complexity index is 167. The highest BCUT2D eigenvalue weighted by atomic mass is 15.5. The first-order chi connectivity index (χ1) is 7.38. The van der Waals surface area contributed by atoms with Crippen molar-refractivity contribution in [3.63, 3.8) is 0 Å². The monoisotopic (exact) mass is 210 g/mol. The third kappa shape index (κ3) is 3.46. The van der Waals surface area contributed by atoms with Gasteiger partial charge in [-0.3, -0.25) is 5.43 Å². The molecule has 0 aromatic rings. The van der Waals surface area contributed by atoms with Crippen molar-refractivity contribution in [2.75, 3.05) is 20.1 Å². The Morgan fingerprint density at radius 2 is 1.53 bits per heavy atom. The molecule has 0 bridgehead atoms. The van der Waals surface area contributed by atoms with Crippen LogP contribution < -0.4 is 5.43 Å². The molecule has 0 aromatic carbocycles. The van der Waals surface area contributed by atoms with Crippen molar-refractivity contribution in [2.45, 2.75) is 51.4 Å². The lowest BCUT2D eigenvalue weighted by Gasteiger charge is -2.33. The standard InChI is InChI=1S/C13H26N2/c1-14-15-9-7-13(8-10-15)11-12-5-3-2-4-6-12/h12-14H,2-11H2,1H3. The second-order valence-electron chi connectivity index (χ2n) is 5.39. The van der Waals surface area contributed by atoms with Crippen molar-refractivity contribution in [3.8, 4) is 0 Å². The van der Waals surface area contributed by atoms with E-state index in [4.69, 9.17) is 0 Å². The maximum absolute atomic E-state index is 3.26. The first kappa shape index (κ1) is 11.4. The molecule has 1 N–H and O–H groups in total. The van der Waals surface area contributed by atoms with E-state index in [-0.39, 0.29) is 0 Å². The van der Waals surface area contributed by atoms with Gasteiger partial charge in [0.15, 0.2) is 0 Å². The van der Waals surface area contributed by atoms with E-state index in [0.29, 0.717) is 0 Å². The summed E-state index contributed by atoms with van der Waals surface area (Å²) < 4.78 is 0. The molecule has 0 amide bonds. The lowest BCUT2D eigenvalue weighted by molar-refractivity contribution is 0.121. The zero-order valence-corrected chi connectivity index (χ0v) is 10.2. The molecule has 0 atom stereocenters. The van der Waals surface area contributed by atoms with Crippen molar-refractivity contribution >= 4 is 0 Å². The van der Waals surface area contributed by atoms with E-state index in [9.17, 15) is 0 Å². The van der Waals surface area contributed by atoms with Crippen LogP contribution in [0.5, 0.6) is 0 Å². The predicted octanol–water partition coefficient (Wildman–Crippen LogP) is 2.80. The number of nitrogens with one attached hydrogen (secondary N) is 1. The topological polar surface area (TPSA) is 15.3 Å². The van der Waals surface area contributed by atoms with E-state index in [1.54, 1.807) is 0 Å². The zero-order valence-electron chi connectivity index (χ0n) is 10.2. The van der Waals surface area contributed by atoms with E-state index in [1.807, 2.05) is 7.05 Å². The smallest absolute Gasteiger partial charge is 0.0133 e. The number of hydrazine groups is 1. The van der Waals surface area contributed by atoms with Crippen molar-refractivity contribution < 1.29 is 0 Å². The number of rotatable bonds is 3. The molecule has 15 heavy (non-hydrogen) atoms. The van der Waals surface area contributed by atoms with Crippen LogP contribution >= 0.6 is 0 Å². The molecule has 1 saturated heterocycles. The average Bonchev–Trinajstić information content (AvgIpc) is 2.31. The predicted molar refractivity (Wildman–Crippen MR) is 64.5 cm³/mol. The molecule has 0 unspecified atom stereocenters. The first-order valence-electron chi connectivity index (χ1n) is 6.81. The van der Waals surface area contributed by atoms with Gasteiger partial charge in [0, 0.05) is 13.1 Å². The van der Waals surface area contributed by atoms with Crippen LogP contribution in [0.3, 0.4) is 0 Å². The zero-order chi connectivity index (χ0) is 10.5. The van der Waals surface area contributed by atoms with Crippen molar-refractivity contribution in [1.29, 1.82) is 0 Å². The number of hydrogen-bond donors (Lipinski definition) is 1. The Labute approximate surface area is 94.4 Å². The molecule has 88 valence electrons. The van der Waals surface area contributed by atoms with Crippen LogP contribution in [0.25, 0.3) is 0 Å². The summed E-state index contributed by atoms with van der Waals surface area (Å²) in [6, 6.07) is 0. The lowest BCUT2D eigenvalue weighted by Crippen LogP contribution is -2.41. The van der Waals surface area contributed by atoms with Crippen molar-refractivity contribution in [1.82, 2.24) is 10.4 Å². The minimum absolute atomic E-state index is 1.03. The Morgan fingerprint density at radius 1 is 0.933 bits per heavy atom. The van der Waals surface area contributed by atoms with Crippen molar-refractivity contribution in [2.24, 2.45) is 11.8 Å². The summed E-state index contributed by atoms with van der Waals surface area (Å²) in [7, 11) is 2.04. The molecule has 2 rings (SSSR count). The molecular weight excluding hydrogens is 184 g/mol. The maximum Gasteiger partial charge on any atom is 0.0133 e. The van der Waals surface area contributed by atoms with Crippen LogP contribution in [-0.2, 0) is 0 Å². The van der Waals surface area contributed by atoms with Gasteiger partial charge >= 0.3 is 0 Å². The highest BCUT2D eigenvalue weighted by Gasteiger charge is 2.22. The molecule has 1 heterocycles. The highest BCUT2D eigenvalue weighted by Crippen LogP contribution is 2.32. The van der Waals surface area contributed by atoms with Gasteiger partial charge in [-0.05, 0) is 38.1 Å². The van der Waals surface area contributed by atoms with E-state index in [2.05, 4.69) is 10.4 Å². The lowest BCUT2D eigenvalue weighted by atomic mass is 9.80. The Hall–Kier alpha value is -0.0800. The molecule has 2 nitrogen and oxygen atoms in total. The summed E-state index contributed by atoms with van der Waals surface area (Å²) in [5.74, 6) is 2.10. The first-order valence-corrected chi connectivity index (χ1v) is 6.81. The summed E-state index contributed by atoms with van der Waals surface area (Å²) in [6.45, 7) is 2.52. The van der Waals surface area contributed by atoms with Crippen LogP contribution in [0, 0.1) is 11.8 Å². The van der Waals surface area contributed by atoms with E-state index >= 15 is 0 Å². The fraction of sp³-hybridized carbons (Fsp3) is 1.00. The highest BCUT2D eigenvalue weighted by molar-refractivity contribution is 4.75. The Balaban J connectivity index is 1.67. The van der Waals surface area contributed by atoms with Gasteiger partial charge in [-0.15, -0.1) is 0 Å². The second-order valence-corrected chi connectivity index (χ2v) is 5.39. The SMILES string of the molecule is CNN1CCC(CC2CCCCC2)CC1. The van der Waals surface area contributed by atoms with Gasteiger partial charge in [0.2, 0.25) is 0 Å². The summed E-state index contributed by atoms with van der Waals surface area (Å²) in [5.41, 5.74) is 3.26. The largest absolute Gasteiger partial charge is 0.258 e. The number of piperidine rings is 1. The van der Waals surface area contributed by atoms with Crippen LogP contribution in [0.2, 0.25) is 0 Å². The quantitative estimate of drug-likeness (QED) is 0.770. The number of hydrogen-bond acceptors (Lipinski definition) is 2. The van der Waals surface area contributed by atoms with Gasteiger partial charge in [0.25, 0.3) is 0 Å².